The van der Waals surface area contributed by atoms with Crippen molar-refractivity contribution in [1.29, 1.82) is 0 Å². The summed E-state index contributed by atoms with van der Waals surface area (Å²) < 4.78 is 10.9. The molecule has 1 unspecified atom stereocenters. The van der Waals surface area contributed by atoms with Crippen LogP contribution in [0.1, 0.15) is 33.2 Å². The van der Waals surface area contributed by atoms with Crippen molar-refractivity contribution in [2.75, 3.05) is 24.9 Å². The molecule has 230 valence electrons. The number of primary amides is 1. The van der Waals surface area contributed by atoms with Crippen LogP contribution >= 0.6 is 11.8 Å². The van der Waals surface area contributed by atoms with Crippen molar-refractivity contribution in [2.24, 2.45) is 5.73 Å². The fourth-order valence-electron chi connectivity index (χ4n) is 4.24. The lowest BCUT2D eigenvalue weighted by molar-refractivity contribution is -0.115. The Morgan fingerprint density at radius 3 is 2.16 bits per heavy atom. The summed E-state index contributed by atoms with van der Waals surface area (Å²) in [6.45, 7) is 1.74. The number of amides is 4. The molecule has 11 heteroatoms. The molecule has 0 spiro atoms. The van der Waals surface area contributed by atoms with E-state index >= 15 is 0 Å². The van der Waals surface area contributed by atoms with Crippen LogP contribution in [0.3, 0.4) is 0 Å². The van der Waals surface area contributed by atoms with E-state index in [1.165, 1.54) is 32.1 Å². The molecular weight excluding hydrogens is 592 g/mol. The smallest absolute Gasteiger partial charge is 0.272 e. The molecule has 5 N–H and O–H groups in total. The summed E-state index contributed by atoms with van der Waals surface area (Å²) in [5.74, 6) is -1.10. The second-order valence-corrected chi connectivity index (χ2v) is 11.0. The van der Waals surface area contributed by atoms with E-state index in [1.807, 2.05) is 0 Å². The molecular formula is C34H32N4O6S. The number of carbonyl (C=O) groups is 4. The van der Waals surface area contributed by atoms with Gasteiger partial charge in [0.25, 0.3) is 17.7 Å². The predicted molar refractivity (Wildman–Crippen MR) is 175 cm³/mol. The number of nitrogens with one attached hydrogen (secondary N) is 3. The zero-order valence-corrected chi connectivity index (χ0v) is 25.6. The zero-order chi connectivity index (χ0) is 32.3. The molecule has 0 radical (unpaired) electrons. The van der Waals surface area contributed by atoms with Gasteiger partial charge < -0.3 is 31.2 Å². The third-order valence-electron chi connectivity index (χ3n) is 6.51. The van der Waals surface area contributed by atoms with E-state index in [-0.39, 0.29) is 17.2 Å². The number of thioether (sulfide) groups is 1. The molecule has 0 aliphatic heterocycles. The van der Waals surface area contributed by atoms with Gasteiger partial charge in [-0.2, -0.15) is 0 Å². The maximum absolute atomic E-state index is 13.5. The van der Waals surface area contributed by atoms with Crippen LogP contribution in [0.4, 0.5) is 11.4 Å². The summed E-state index contributed by atoms with van der Waals surface area (Å²) in [6, 6.07) is 27.2. The topological polar surface area (TPSA) is 149 Å². The monoisotopic (exact) mass is 624 g/mol. The van der Waals surface area contributed by atoms with Gasteiger partial charge in [0, 0.05) is 21.7 Å². The maximum atomic E-state index is 13.5. The highest BCUT2D eigenvalue weighted by Gasteiger charge is 2.19. The van der Waals surface area contributed by atoms with Gasteiger partial charge in [0.05, 0.1) is 30.7 Å². The number of nitrogens with two attached hydrogens (primary N) is 1. The summed E-state index contributed by atoms with van der Waals surface area (Å²) in [5, 5.41) is 7.76. The lowest BCUT2D eigenvalue weighted by Gasteiger charge is -2.15. The standard InChI is InChI=1S/C34H32N4O6S/c1-21(32(40)37-27-14-8-7-13-26(27)31(35)39)45-25-18-16-24(17-19-25)36-34(42)28(38-33(41)22-10-5-4-6-11-22)20-23-12-9-15-29(43-2)30(23)44-3/h4-21H,1-3H3,(H2,35,39)(H,36,42)(H,37,40)(H,38,41)/b28-20-. The van der Waals surface area contributed by atoms with Gasteiger partial charge in [-0.3, -0.25) is 19.2 Å². The molecule has 10 nitrogen and oxygen atoms in total. The van der Waals surface area contributed by atoms with Gasteiger partial charge in [0.1, 0.15) is 5.70 Å². The molecule has 0 saturated carbocycles. The number of hydrogen-bond acceptors (Lipinski definition) is 7. The van der Waals surface area contributed by atoms with Gasteiger partial charge in [0.2, 0.25) is 5.91 Å². The van der Waals surface area contributed by atoms with Crippen molar-refractivity contribution >= 4 is 52.8 Å². The third kappa shape index (κ3) is 8.52. The zero-order valence-electron chi connectivity index (χ0n) is 24.8. The molecule has 4 aromatic carbocycles. The number of methoxy groups -OCH3 is 2. The molecule has 0 aliphatic carbocycles. The number of carbonyl (C=O) groups excluding carboxylic acids is 4. The van der Waals surface area contributed by atoms with E-state index in [2.05, 4.69) is 16.0 Å². The molecule has 4 aromatic rings. The Kier molecular flexibility index (Phi) is 11.0. The van der Waals surface area contributed by atoms with Crippen LogP contribution in [0.5, 0.6) is 11.5 Å². The van der Waals surface area contributed by atoms with Crippen LogP contribution in [0, 0.1) is 0 Å². The number of anilines is 2. The van der Waals surface area contributed by atoms with E-state index in [1.54, 1.807) is 104 Å². The first-order valence-corrected chi connectivity index (χ1v) is 14.6. The van der Waals surface area contributed by atoms with Gasteiger partial charge in [-0.25, -0.2) is 0 Å². The number of ether oxygens (including phenoxy) is 2. The minimum Gasteiger partial charge on any atom is -0.493 e. The normalized spacial score (nSPS) is 11.6. The van der Waals surface area contributed by atoms with Crippen molar-refractivity contribution in [2.45, 2.75) is 17.1 Å². The van der Waals surface area contributed by atoms with Gasteiger partial charge >= 0.3 is 0 Å². The second kappa shape index (κ2) is 15.3. The van der Waals surface area contributed by atoms with Crippen molar-refractivity contribution in [3.8, 4) is 11.5 Å². The van der Waals surface area contributed by atoms with Gasteiger partial charge in [-0.05, 0) is 67.6 Å². The molecule has 0 aliphatic rings. The Balaban J connectivity index is 1.49. The highest BCUT2D eigenvalue weighted by molar-refractivity contribution is 8.00. The molecule has 4 rings (SSSR count). The van der Waals surface area contributed by atoms with Crippen LogP contribution in [-0.4, -0.2) is 43.1 Å². The minimum atomic E-state index is -0.635. The van der Waals surface area contributed by atoms with Crippen molar-refractivity contribution in [1.82, 2.24) is 5.32 Å². The van der Waals surface area contributed by atoms with Gasteiger partial charge in [-0.15, -0.1) is 11.8 Å². The first-order valence-electron chi connectivity index (χ1n) is 13.8. The summed E-state index contributed by atoms with van der Waals surface area (Å²) in [5.41, 5.74) is 7.33. The van der Waals surface area contributed by atoms with Gasteiger partial charge in [0.15, 0.2) is 11.5 Å². The first-order chi connectivity index (χ1) is 21.7. The molecule has 1 atom stereocenters. The van der Waals surface area contributed by atoms with E-state index in [0.29, 0.717) is 34.0 Å². The molecule has 45 heavy (non-hydrogen) atoms. The van der Waals surface area contributed by atoms with Crippen LogP contribution in [0.15, 0.2) is 108 Å². The average Bonchev–Trinajstić information content (AvgIpc) is 3.05. The Bertz CT molecular complexity index is 1720. The van der Waals surface area contributed by atoms with E-state index in [0.717, 1.165) is 4.90 Å². The van der Waals surface area contributed by atoms with Crippen LogP contribution in [-0.2, 0) is 9.59 Å². The Morgan fingerprint density at radius 1 is 0.800 bits per heavy atom. The second-order valence-electron chi connectivity index (χ2n) is 9.60. The average molecular weight is 625 g/mol. The molecule has 0 fully saturated rings. The third-order valence-corrected chi connectivity index (χ3v) is 7.62. The highest BCUT2D eigenvalue weighted by Crippen LogP contribution is 2.32. The first kappa shape index (κ1) is 32.4. The van der Waals surface area contributed by atoms with Crippen LogP contribution in [0.25, 0.3) is 6.08 Å². The fraction of sp³-hybridized carbons (Fsp3) is 0.118. The molecule has 0 heterocycles. The fourth-order valence-corrected chi connectivity index (χ4v) is 5.11. The molecule has 0 saturated heterocycles. The predicted octanol–water partition coefficient (Wildman–Crippen LogP) is 5.33. The number of hydrogen-bond donors (Lipinski definition) is 4. The van der Waals surface area contributed by atoms with E-state index in [4.69, 9.17) is 15.2 Å². The van der Waals surface area contributed by atoms with Gasteiger partial charge in [-0.1, -0.05) is 42.5 Å². The lowest BCUT2D eigenvalue weighted by Crippen LogP contribution is -2.30. The Morgan fingerprint density at radius 2 is 1.49 bits per heavy atom. The number of para-hydroxylation sites is 2. The largest absolute Gasteiger partial charge is 0.493 e. The van der Waals surface area contributed by atoms with E-state index in [9.17, 15) is 19.2 Å². The highest BCUT2D eigenvalue weighted by atomic mass is 32.2. The van der Waals surface area contributed by atoms with Crippen molar-refractivity contribution in [3.05, 3.63) is 119 Å². The minimum absolute atomic E-state index is 0.0182. The molecule has 0 aromatic heterocycles. The summed E-state index contributed by atoms with van der Waals surface area (Å²) in [6.07, 6.45) is 1.51. The Hall–Kier alpha value is -5.55. The molecule has 4 amide bonds. The van der Waals surface area contributed by atoms with Crippen molar-refractivity contribution < 1.29 is 28.7 Å². The lowest BCUT2D eigenvalue weighted by atomic mass is 10.1. The summed E-state index contributed by atoms with van der Waals surface area (Å²) in [4.78, 5) is 51.7. The number of benzene rings is 4. The maximum Gasteiger partial charge on any atom is 0.272 e. The van der Waals surface area contributed by atoms with Crippen molar-refractivity contribution in [3.63, 3.8) is 0 Å². The Labute approximate surface area is 265 Å². The van der Waals surface area contributed by atoms with E-state index < -0.39 is 23.0 Å². The van der Waals surface area contributed by atoms with Crippen LogP contribution < -0.4 is 31.2 Å². The SMILES string of the molecule is COc1cccc(/C=C(\NC(=O)c2ccccc2)C(=O)Nc2ccc(SC(C)C(=O)Nc3ccccc3C(N)=O)cc2)c1OC. The summed E-state index contributed by atoms with van der Waals surface area (Å²) in [7, 11) is 3.00. The summed E-state index contributed by atoms with van der Waals surface area (Å²) >= 11 is 1.30. The number of rotatable bonds is 12. The van der Waals surface area contributed by atoms with Crippen LogP contribution in [0.2, 0.25) is 0 Å². The molecule has 0 bridgehead atoms. The quantitative estimate of drug-likeness (QED) is 0.123.